The van der Waals surface area contributed by atoms with Crippen LogP contribution in [0.3, 0.4) is 0 Å². The summed E-state index contributed by atoms with van der Waals surface area (Å²) in [6.07, 6.45) is 4.55. The maximum Gasteiger partial charge on any atom is 0.161 e. The minimum atomic E-state index is -0.764. The summed E-state index contributed by atoms with van der Waals surface area (Å²) in [5, 5.41) is 0. The van der Waals surface area contributed by atoms with Gasteiger partial charge in [0, 0.05) is 26.1 Å². The van der Waals surface area contributed by atoms with E-state index < -0.39 is 11.6 Å². The molecule has 0 atom stereocenters. The molecule has 128 valence electrons. The van der Waals surface area contributed by atoms with E-state index in [4.69, 9.17) is 0 Å². The van der Waals surface area contributed by atoms with Gasteiger partial charge in [-0.3, -0.25) is 9.79 Å². The number of rotatable bonds is 2. The number of allylic oxidation sites excluding steroid dienone is 2. The fourth-order valence-electron chi connectivity index (χ4n) is 2.07. The van der Waals surface area contributed by atoms with Crippen LogP contribution in [0.25, 0.3) is 0 Å². The van der Waals surface area contributed by atoms with E-state index in [1.165, 1.54) is 11.6 Å². The van der Waals surface area contributed by atoms with Crippen molar-refractivity contribution in [2.24, 2.45) is 4.99 Å². The first-order chi connectivity index (χ1) is 11.0. The van der Waals surface area contributed by atoms with E-state index in [1.807, 2.05) is 13.8 Å². The Kier molecular flexibility index (Phi) is 10.8. The zero-order chi connectivity index (χ0) is 17.8. The number of Topliss-reactive ketones (excluding diaryl/α,β-unsaturated/α-hetero) is 1. The molecule has 0 spiro atoms. The number of hydrogen-bond acceptors (Lipinski definition) is 2. The number of carbonyl (C=O) groups is 1. The zero-order valence-electron chi connectivity index (χ0n) is 14.7. The first-order valence-electron chi connectivity index (χ1n) is 8.05. The summed E-state index contributed by atoms with van der Waals surface area (Å²) in [7, 11) is 1.74. The number of aliphatic imine (C=N–C) groups is 1. The standard InChI is InChI=1S/C9H13NO.C8H8F2.C2H6/c1-7-3-4-9(11)5-8(7)6-10-2;1-2-6-4-3-5-7(9)8(6)10;1-2/h6H,3-5H2,1-2H3;3-5H,2H2,1H3;1-2H3. The number of hydrogen-bond donors (Lipinski definition) is 0. The van der Waals surface area contributed by atoms with E-state index in [0.29, 0.717) is 30.6 Å². The maximum atomic E-state index is 12.6. The highest BCUT2D eigenvalue weighted by Gasteiger charge is 2.13. The lowest BCUT2D eigenvalue weighted by molar-refractivity contribution is -0.118. The van der Waals surface area contributed by atoms with Crippen LogP contribution in [0.15, 0.2) is 34.3 Å². The van der Waals surface area contributed by atoms with Crippen molar-refractivity contribution < 1.29 is 13.6 Å². The molecule has 1 aromatic rings. The average Bonchev–Trinajstić information content (AvgIpc) is 2.56. The van der Waals surface area contributed by atoms with Gasteiger partial charge in [0.05, 0.1) is 0 Å². The molecule has 23 heavy (non-hydrogen) atoms. The van der Waals surface area contributed by atoms with Crippen molar-refractivity contribution in [3.05, 3.63) is 46.5 Å². The van der Waals surface area contributed by atoms with Crippen molar-refractivity contribution in [2.45, 2.75) is 53.4 Å². The highest BCUT2D eigenvalue weighted by molar-refractivity contribution is 5.92. The van der Waals surface area contributed by atoms with E-state index in [-0.39, 0.29) is 0 Å². The first-order valence-corrected chi connectivity index (χ1v) is 8.05. The second kappa shape index (κ2) is 11.7. The van der Waals surface area contributed by atoms with E-state index in [9.17, 15) is 13.6 Å². The fourth-order valence-corrected chi connectivity index (χ4v) is 2.07. The second-order valence-electron chi connectivity index (χ2n) is 4.97. The molecule has 0 fully saturated rings. The van der Waals surface area contributed by atoms with Gasteiger partial charge in [-0.2, -0.15) is 0 Å². The van der Waals surface area contributed by atoms with Crippen LogP contribution in [0.1, 0.15) is 52.5 Å². The van der Waals surface area contributed by atoms with Crippen molar-refractivity contribution in [3.63, 3.8) is 0 Å². The Morgan fingerprint density at radius 1 is 1.22 bits per heavy atom. The lowest BCUT2D eigenvalue weighted by Crippen LogP contribution is -2.08. The highest BCUT2D eigenvalue weighted by atomic mass is 19.2. The quantitative estimate of drug-likeness (QED) is 0.678. The third-order valence-electron chi connectivity index (χ3n) is 3.41. The Morgan fingerprint density at radius 3 is 2.39 bits per heavy atom. The number of carbonyl (C=O) groups excluding carboxylic acids is 1. The summed E-state index contributed by atoms with van der Waals surface area (Å²) in [5.41, 5.74) is 2.86. The van der Waals surface area contributed by atoms with E-state index in [0.717, 1.165) is 18.1 Å². The Morgan fingerprint density at radius 2 is 1.87 bits per heavy atom. The molecule has 0 aliphatic heterocycles. The normalized spacial score (nSPS) is 14.1. The van der Waals surface area contributed by atoms with E-state index in [1.54, 1.807) is 26.3 Å². The van der Waals surface area contributed by atoms with Crippen molar-refractivity contribution in [1.29, 1.82) is 0 Å². The SMILES string of the molecule is CC.CCc1cccc(F)c1F.CN=CC1=C(C)CCC(=O)C1. The second-order valence-corrected chi connectivity index (χ2v) is 4.97. The molecule has 4 heteroatoms. The molecule has 0 aromatic heterocycles. The van der Waals surface area contributed by atoms with Crippen molar-refractivity contribution in [1.82, 2.24) is 0 Å². The van der Waals surface area contributed by atoms with Gasteiger partial charge in [-0.15, -0.1) is 0 Å². The minimum Gasteiger partial charge on any atom is -0.299 e. The lowest BCUT2D eigenvalue weighted by atomic mass is 9.92. The van der Waals surface area contributed by atoms with Crippen LogP contribution in [0, 0.1) is 11.6 Å². The monoisotopic (exact) mass is 323 g/mol. The molecule has 2 rings (SSSR count). The zero-order valence-corrected chi connectivity index (χ0v) is 14.7. The predicted molar refractivity (Wildman–Crippen MR) is 93.1 cm³/mol. The maximum absolute atomic E-state index is 12.6. The molecule has 0 saturated carbocycles. The van der Waals surface area contributed by atoms with Crippen LogP contribution in [-0.4, -0.2) is 19.0 Å². The average molecular weight is 323 g/mol. The van der Waals surface area contributed by atoms with Crippen molar-refractivity contribution >= 4 is 12.0 Å². The first kappa shape index (κ1) is 21.2. The molecule has 2 nitrogen and oxygen atoms in total. The molecule has 1 aliphatic rings. The van der Waals surface area contributed by atoms with Gasteiger partial charge in [-0.1, -0.05) is 38.5 Å². The van der Waals surface area contributed by atoms with Gasteiger partial charge in [0.1, 0.15) is 5.78 Å². The number of ketones is 1. The third kappa shape index (κ3) is 7.31. The molecular weight excluding hydrogens is 296 g/mol. The number of benzene rings is 1. The summed E-state index contributed by atoms with van der Waals surface area (Å²) < 4.78 is 25.0. The Hall–Kier alpha value is -1.84. The smallest absolute Gasteiger partial charge is 0.161 e. The van der Waals surface area contributed by atoms with Gasteiger partial charge in [-0.05, 0) is 37.0 Å². The molecule has 1 aromatic carbocycles. The molecule has 0 radical (unpaired) electrons. The topological polar surface area (TPSA) is 29.4 Å². The minimum absolute atomic E-state index is 0.338. The molecule has 0 N–H and O–H groups in total. The highest BCUT2D eigenvalue weighted by Crippen LogP contribution is 2.20. The Labute approximate surface area is 138 Å². The predicted octanol–water partition coefficient (Wildman–Crippen LogP) is 5.31. The van der Waals surface area contributed by atoms with Crippen LogP contribution >= 0.6 is 0 Å². The van der Waals surface area contributed by atoms with Gasteiger partial charge in [0.25, 0.3) is 0 Å². The summed E-state index contributed by atoms with van der Waals surface area (Å²) in [4.78, 5) is 14.9. The molecule has 0 saturated heterocycles. The number of halogens is 2. The van der Waals surface area contributed by atoms with Gasteiger partial charge in [-0.25, -0.2) is 8.78 Å². The Bertz CT molecular complexity index is 562. The molecule has 0 unspecified atom stereocenters. The molecule has 0 amide bonds. The van der Waals surface area contributed by atoms with Crippen LogP contribution in [-0.2, 0) is 11.2 Å². The molecule has 0 bridgehead atoms. The number of aryl methyl sites for hydroxylation is 1. The number of nitrogens with zero attached hydrogens (tertiary/aromatic N) is 1. The summed E-state index contributed by atoms with van der Waals surface area (Å²) >= 11 is 0. The third-order valence-corrected chi connectivity index (χ3v) is 3.41. The van der Waals surface area contributed by atoms with Crippen LogP contribution in [0.5, 0.6) is 0 Å². The fraction of sp³-hybridized carbons (Fsp3) is 0.474. The van der Waals surface area contributed by atoms with E-state index >= 15 is 0 Å². The molecular formula is C19H27F2NO. The van der Waals surface area contributed by atoms with Crippen molar-refractivity contribution in [3.8, 4) is 0 Å². The summed E-state index contributed by atoms with van der Waals surface area (Å²) in [6.45, 7) is 7.86. The van der Waals surface area contributed by atoms with E-state index in [2.05, 4.69) is 11.9 Å². The lowest BCUT2D eigenvalue weighted by Gasteiger charge is -2.12. The largest absolute Gasteiger partial charge is 0.299 e. The molecule has 1 aliphatic carbocycles. The van der Waals surface area contributed by atoms with Crippen LogP contribution in [0.4, 0.5) is 8.78 Å². The van der Waals surface area contributed by atoms with Crippen molar-refractivity contribution in [2.75, 3.05) is 7.05 Å². The van der Waals surface area contributed by atoms with Crippen LogP contribution < -0.4 is 0 Å². The summed E-state index contributed by atoms with van der Waals surface area (Å²) in [6, 6.07) is 4.21. The van der Waals surface area contributed by atoms with Gasteiger partial charge >= 0.3 is 0 Å². The van der Waals surface area contributed by atoms with Gasteiger partial charge < -0.3 is 0 Å². The summed E-state index contributed by atoms with van der Waals surface area (Å²) in [5.74, 6) is -1.14. The molecule has 0 heterocycles. The Balaban J connectivity index is 0.000000381. The van der Waals surface area contributed by atoms with Crippen LogP contribution in [0.2, 0.25) is 0 Å². The van der Waals surface area contributed by atoms with Gasteiger partial charge in [0.2, 0.25) is 0 Å². The van der Waals surface area contributed by atoms with Gasteiger partial charge in [0.15, 0.2) is 11.6 Å².